The minimum absolute atomic E-state index is 0.279. The van der Waals surface area contributed by atoms with Crippen molar-refractivity contribution in [2.75, 3.05) is 0 Å². The number of alkyl halides is 6. The van der Waals surface area contributed by atoms with E-state index in [4.69, 9.17) is 0 Å². The van der Waals surface area contributed by atoms with Crippen molar-refractivity contribution in [1.82, 2.24) is 0 Å². The molecule has 0 amide bonds. The zero-order valence-corrected chi connectivity index (χ0v) is 9.96. The third-order valence-electron chi connectivity index (χ3n) is 0.733. The van der Waals surface area contributed by atoms with Crippen molar-refractivity contribution in [3.8, 4) is 0 Å². The SMILES string of the molecule is FC(F)(F)/C(Cl)=C/Cl.FC(F)(F)/C(Cl)=C\Cl. The smallest absolute Gasteiger partial charge is 0.165 e. The average molecular weight is 330 g/mol. The van der Waals surface area contributed by atoms with Crippen molar-refractivity contribution in [3.05, 3.63) is 21.1 Å². The molecule has 16 heavy (non-hydrogen) atoms. The van der Waals surface area contributed by atoms with Crippen molar-refractivity contribution >= 4 is 46.4 Å². The summed E-state index contributed by atoms with van der Waals surface area (Å²) in [6, 6.07) is 0. The molecular weight excluding hydrogens is 328 g/mol. The van der Waals surface area contributed by atoms with Crippen molar-refractivity contribution in [3.63, 3.8) is 0 Å². The Morgan fingerprint density at radius 1 is 0.688 bits per heavy atom. The summed E-state index contributed by atoms with van der Waals surface area (Å²) in [5, 5.41) is -2.61. The van der Waals surface area contributed by atoms with Crippen LogP contribution in [0.5, 0.6) is 0 Å². The first-order valence-electron chi connectivity index (χ1n) is 3.03. The molecule has 0 atom stereocenters. The molecule has 0 unspecified atom stereocenters. The van der Waals surface area contributed by atoms with E-state index >= 15 is 0 Å². The molecule has 0 aromatic heterocycles. The van der Waals surface area contributed by atoms with E-state index in [0.717, 1.165) is 0 Å². The lowest BCUT2D eigenvalue weighted by atomic mass is 10.6. The largest absolute Gasteiger partial charge is 0.427 e. The Bertz CT molecular complexity index is 235. The Balaban J connectivity index is 0. The summed E-state index contributed by atoms with van der Waals surface area (Å²) in [5.74, 6) is 0. The van der Waals surface area contributed by atoms with Gasteiger partial charge in [-0.15, -0.1) is 0 Å². The molecular formula is C6H2Cl4F6. The number of hydrogen-bond acceptors (Lipinski definition) is 0. The molecule has 0 aliphatic heterocycles. The molecule has 0 rings (SSSR count). The lowest BCUT2D eigenvalue weighted by Crippen LogP contribution is -2.05. The predicted molar refractivity (Wildman–Crippen MR) is 51.7 cm³/mol. The van der Waals surface area contributed by atoms with Crippen LogP contribution in [0.15, 0.2) is 21.1 Å². The van der Waals surface area contributed by atoms with Crippen molar-refractivity contribution in [2.24, 2.45) is 0 Å². The van der Waals surface area contributed by atoms with E-state index in [0.29, 0.717) is 0 Å². The highest BCUT2D eigenvalue weighted by molar-refractivity contribution is 6.37. The second kappa shape index (κ2) is 7.53. The normalized spacial score (nSPS) is 14.4. The van der Waals surface area contributed by atoms with Gasteiger partial charge in [0.05, 0.1) is 0 Å². The van der Waals surface area contributed by atoms with Gasteiger partial charge in [-0.1, -0.05) is 46.4 Å². The van der Waals surface area contributed by atoms with Gasteiger partial charge < -0.3 is 0 Å². The zero-order chi connectivity index (χ0) is 13.6. The Morgan fingerprint density at radius 2 is 0.875 bits per heavy atom. The van der Waals surface area contributed by atoms with Crippen LogP contribution in [0.3, 0.4) is 0 Å². The highest BCUT2D eigenvalue weighted by Gasteiger charge is 2.32. The second-order valence-corrected chi connectivity index (χ2v) is 3.16. The minimum atomic E-state index is -4.50. The molecule has 0 spiro atoms. The molecule has 10 heteroatoms. The maximum atomic E-state index is 11.2. The maximum Gasteiger partial charge on any atom is 0.427 e. The first kappa shape index (κ1) is 18.6. The summed E-state index contributed by atoms with van der Waals surface area (Å²) >= 11 is 18.3. The molecule has 0 saturated heterocycles. The zero-order valence-electron chi connectivity index (χ0n) is 6.93. The third-order valence-corrected chi connectivity index (χ3v) is 2.04. The fourth-order valence-corrected chi connectivity index (χ4v) is 0.371. The molecule has 0 saturated carbocycles. The van der Waals surface area contributed by atoms with E-state index in [1.54, 1.807) is 0 Å². The van der Waals surface area contributed by atoms with Gasteiger partial charge in [0.2, 0.25) is 0 Å². The minimum Gasteiger partial charge on any atom is -0.165 e. The van der Waals surface area contributed by atoms with Crippen LogP contribution in [0, 0.1) is 0 Å². The molecule has 0 N–H and O–H groups in total. The lowest BCUT2D eigenvalue weighted by Gasteiger charge is -1.99. The molecule has 0 heterocycles. The highest BCUT2D eigenvalue weighted by Crippen LogP contribution is 2.29. The molecule has 96 valence electrons. The van der Waals surface area contributed by atoms with Gasteiger partial charge in [-0.2, -0.15) is 26.3 Å². The maximum absolute atomic E-state index is 11.2. The van der Waals surface area contributed by atoms with Crippen LogP contribution in [-0.2, 0) is 0 Å². The standard InChI is InChI=1S/2C3HCl2F3/c2*4-1-2(5)3(6,7)8/h2*1H/b2-1+;2-1-. The fraction of sp³-hybridized carbons (Fsp3) is 0.333. The molecule has 0 bridgehead atoms. The van der Waals surface area contributed by atoms with E-state index in [1.165, 1.54) is 0 Å². The van der Waals surface area contributed by atoms with Gasteiger partial charge in [0.25, 0.3) is 0 Å². The van der Waals surface area contributed by atoms with Crippen molar-refractivity contribution in [1.29, 1.82) is 0 Å². The average Bonchev–Trinajstić information content (AvgIpc) is 2.13. The molecule has 0 nitrogen and oxygen atoms in total. The monoisotopic (exact) mass is 328 g/mol. The summed E-state index contributed by atoms with van der Waals surface area (Å²) in [6.07, 6.45) is -8.99. The quantitative estimate of drug-likeness (QED) is 0.497. The van der Waals surface area contributed by atoms with Crippen molar-refractivity contribution < 1.29 is 26.3 Å². The Labute approximate surface area is 106 Å². The van der Waals surface area contributed by atoms with Gasteiger partial charge in [0.15, 0.2) is 0 Å². The van der Waals surface area contributed by atoms with Crippen LogP contribution >= 0.6 is 46.4 Å². The summed E-state index contributed by atoms with van der Waals surface area (Å²) in [6.45, 7) is 0. The van der Waals surface area contributed by atoms with Crippen LogP contribution in [0.4, 0.5) is 26.3 Å². The molecule has 0 fully saturated rings. The van der Waals surface area contributed by atoms with Gasteiger partial charge in [0, 0.05) is 11.1 Å². The highest BCUT2D eigenvalue weighted by atomic mass is 35.5. The molecule has 0 aromatic rings. The Morgan fingerprint density at radius 3 is 0.875 bits per heavy atom. The second-order valence-electron chi connectivity index (χ2n) is 1.91. The Hall–Kier alpha value is 0.220. The van der Waals surface area contributed by atoms with E-state index in [9.17, 15) is 26.3 Å². The van der Waals surface area contributed by atoms with Gasteiger partial charge in [-0.3, -0.25) is 0 Å². The molecule has 0 aromatic carbocycles. The summed E-state index contributed by atoms with van der Waals surface area (Å²) in [5.41, 5.74) is 0.559. The van der Waals surface area contributed by atoms with Gasteiger partial charge in [-0.25, -0.2) is 0 Å². The first-order chi connectivity index (χ1) is 6.96. The van der Waals surface area contributed by atoms with Gasteiger partial charge in [0.1, 0.15) is 10.1 Å². The van der Waals surface area contributed by atoms with E-state index in [1.807, 2.05) is 0 Å². The topological polar surface area (TPSA) is 0 Å². The van der Waals surface area contributed by atoms with E-state index < -0.39 is 22.4 Å². The molecule has 0 radical (unpaired) electrons. The summed E-state index contributed by atoms with van der Waals surface area (Å²) in [7, 11) is 0. The molecule has 0 aliphatic rings. The van der Waals surface area contributed by atoms with Gasteiger partial charge >= 0.3 is 12.4 Å². The number of halogens is 10. The number of allylic oxidation sites excluding steroid dienone is 2. The van der Waals surface area contributed by atoms with Crippen LogP contribution in [-0.4, -0.2) is 12.4 Å². The van der Waals surface area contributed by atoms with Crippen LogP contribution in [0.25, 0.3) is 0 Å². The van der Waals surface area contributed by atoms with E-state index in [-0.39, 0.29) is 11.1 Å². The predicted octanol–water partition coefficient (Wildman–Crippen LogP) is 5.74. The van der Waals surface area contributed by atoms with Crippen molar-refractivity contribution in [2.45, 2.75) is 12.4 Å². The van der Waals surface area contributed by atoms with Crippen LogP contribution in [0.1, 0.15) is 0 Å². The van der Waals surface area contributed by atoms with E-state index in [2.05, 4.69) is 46.4 Å². The lowest BCUT2D eigenvalue weighted by molar-refractivity contribution is -0.0852. The number of rotatable bonds is 0. The Kier molecular flexibility index (Phi) is 8.74. The van der Waals surface area contributed by atoms with Crippen LogP contribution in [0.2, 0.25) is 0 Å². The molecule has 0 aliphatic carbocycles. The fourth-order valence-electron chi connectivity index (χ4n) is 0.124. The van der Waals surface area contributed by atoms with Gasteiger partial charge in [-0.05, 0) is 0 Å². The van der Waals surface area contributed by atoms with Crippen LogP contribution < -0.4 is 0 Å². The third kappa shape index (κ3) is 9.45. The number of hydrogen-bond donors (Lipinski definition) is 0. The first-order valence-corrected chi connectivity index (χ1v) is 4.65. The summed E-state index contributed by atoms with van der Waals surface area (Å²) < 4.78 is 67.0. The summed E-state index contributed by atoms with van der Waals surface area (Å²) in [4.78, 5) is 0.